The molecule has 5 heteroatoms. The van der Waals surface area contributed by atoms with Crippen molar-refractivity contribution in [2.75, 3.05) is 0 Å². The van der Waals surface area contributed by atoms with E-state index < -0.39 is 11.6 Å². The molecule has 1 nitrogen and oxygen atoms in total. The fraction of sp³-hybridized carbons (Fsp3) is 0.143. The molecule has 0 N–H and O–H groups in total. The quantitative estimate of drug-likeness (QED) is 0.650. The number of alkyl halides is 1. The second-order valence-corrected chi connectivity index (χ2v) is 5.37. The Labute approximate surface area is 126 Å². The molecular weight excluding hydrogens is 382 g/mol. The van der Waals surface area contributed by atoms with Gasteiger partial charge in [-0.05, 0) is 41.5 Å². The van der Waals surface area contributed by atoms with Crippen molar-refractivity contribution in [3.8, 4) is 5.75 Å². The summed E-state index contributed by atoms with van der Waals surface area (Å²) in [6, 6.07) is 8.89. The molecule has 0 unspecified atom stereocenters. The van der Waals surface area contributed by atoms with Crippen LogP contribution in [0.4, 0.5) is 8.78 Å². The molecule has 0 atom stereocenters. The van der Waals surface area contributed by atoms with Gasteiger partial charge >= 0.3 is 0 Å². The maximum atomic E-state index is 13.0. The Bertz CT molecular complexity index is 567. The molecule has 0 heterocycles. The van der Waals surface area contributed by atoms with Crippen molar-refractivity contribution in [2.45, 2.75) is 11.9 Å². The molecule has 2 rings (SSSR count). The van der Waals surface area contributed by atoms with Crippen LogP contribution in [0, 0.1) is 11.6 Å². The van der Waals surface area contributed by atoms with Crippen LogP contribution in [0.3, 0.4) is 0 Å². The number of benzene rings is 2. The first kappa shape index (κ1) is 14.5. The van der Waals surface area contributed by atoms with Crippen LogP contribution in [0.1, 0.15) is 11.1 Å². The Balaban J connectivity index is 2.10. The first-order chi connectivity index (χ1) is 9.08. The molecular formula is C14H10Br2F2O. The van der Waals surface area contributed by atoms with Gasteiger partial charge in [0, 0.05) is 15.9 Å². The first-order valence-corrected chi connectivity index (χ1v) is 7.42. The van der Waals surface area contributed by atoms with E-state index in [1.54, 1.807) is 6.07 Å². The molecule has 2 aromatic rings. The van der Waals surface area contributed by atoms with Crippen LogP contribution in [0.5, 0.6) is 5.75 Å². The Kier molecular flexibility index (Phi) is 4.93. The van der Waals surface area contributed by atoms with Crippen molar-refractivity contribution in [3.63, 3.8) is 0 Å². The molecule has 0 aliphatic heterocycles. The van der Waals surface area contributed by atoms with E-state index >= 15 is 0 Å². The minimum Gasteiger partial charge on any atom is -0.489 e. The number of halogens is 4. The summed E-state index contributed by atoms with van der Waals surface area (Å²) >= 11 is 6.79. The Morgan fingerprint density at radius 3 is 2.32 bits per heavy atom. The SMILES string of the molecule is Fc1cc(F)cc(COc2ccc(Br)c(CBr)c2)c1. The van der Waals surface area contributed by atoms with Crippen molar-refractivity contribution in [2.24, 2.45) is 0 Å². The van der Waals surface area contributed by atoms with Gasteiger partial charge in [-0.25, -0.2) is 8.78 Å². The third-order valence-electron chi connectivity index (χ3n) is 2.49. The number of rotatable bonds is 4. The summed E-state index contributed by atoms with van der Waals surface area (Å²) in [4.78, 5) is 0. The number of ether oxygens (including phenoxy) is 1. The Hall–Kier alpha value is -0.940. The van der Waals surface area contributed by atoms with Gasteiger partial charge in [0.1, 0.15) is 24.0 Å². The van der Waals surface area contributed by atoms with E-state index in [-0.39, 0.29) is 6.61 Å². The molecule has 2 aromatic carbocycles. The standard InChI is InChI=1S/C14H10Br2F2O/c15-7-10-5-13(1-2-14(10)16)19-8-9-3-11(17)6-12(18)4-9/h1-6H,7-8H2. The Morgan fingerprint density at radius 2 is 1.68 bits per heavy atom. The zero-order chi connectivity index (χ0) is 13.8. The second kappa shape index (κ2) is 6.48. The lowest BCUT2D eigenvalue weighted by Crippen LogP contribution is -1.97. The highest BCUT2D eigenvalue weighted by Gasteiger charge is 2.04. The molecule has 0 amide bonds. The molecule has 0 spiro atoms. The first-order valence-electron chi connectivity index (χ1n) is 5.50. The van der Waals surface area contributed by atoms with Crippen molar-refractivity contribution < 1.29 is 13.5 Å². The van der Waals surface area contributed by atoms with Gasteiger partial charge in [0.25, 0.3) is 0 Å². The lowest BCUT2D eigenvalue weighted by atomic mass is 10.2. The third kappa shape index (κ3) is 4.01. The Morgan fingerprint density at radius 1 is 1.00 bits per heavy atom. The molecule has 0 saturated carbocycles. The largest absolute Gasteiger partial charge is 0.489 e. The van der Waals surface area contributed by atoms with Crippen LogP contribution in [-0.2, 0) is 11.9 Å². The summed E-state index contributed by atoms with van der Waals surface area (Å²) < 4.78 is 32.5. The summed E-state index contributed by atoms with van der Waals surface area (Å²) in [5.41, 5.74) is 1.50. The minimum atomic E-state index is -0.601. The summed E-state index contributed by atoms with van der Waals surface area (Å²) in [6.07, 6.45) is 0. The average molecular weight is 392 g/mol. The molecule has 0 aliphatic carbocycles. The molecule has 0 aliphatic rings. The maximum Gasteiger partial charge on any atom is 0.126 e. The predicted molar refractivity (Wildman–Crippen MR) is 77.5 cm³/mol. The molecule has 0 fully saturated rings. The normalized spacial score (nSPS) is 10.5. The van der Waals surface area contributed by atoms with Crippen molar-refractivity contribution >= 4 is 31.9 Å². The summed E-state index contributed by atoms with van der Waals surface area (Å²) in [5, 5.41) is 0.694. The summed E-state index contributed by atoms with van der Waals surface area (Å²) in [5.74, 6) is -0.548. The highest BCUT2D eigenvalue weighted by atomic mass is 79.9. The lowest BCUT2D eigenvalue weighted by molar-refractivity contribution is 0.304. The van der Waals surface area contributed by atoms with Crippen molar-refractivity contribution in [3.05, 3.63) is 63.6 Å². The van der Waals surface area contributed by atoms with Crippen LogP contribution in [0.15, 0.2) is 40.9 Å². The van der Waals surface area contributed by atoms with Gasteiger partial charge in [-0.15, -0.1) is 0 Å². The second-order valence-electron chi connectivity index (χ2n) is 3.95. The fourth-order valence-corrected chi connectivity index (χ4v) is 2.83. The highest BCUT2D eigenvalue weighted by molar-refractivity contribution is 9.10. The zero-order valence-electron chi connectivity index (χ0n) is 9.80. The van der Waals surface area contributed by atoms with Crippen LogP contribution in [0.25, 0.3) is 0 Å². The zero-order valence-corrected chi connectivity index (χ0v) is 13.0. The van der Waals surface area contributed by atoms with Gasteiger partial charge in [-0.2, -0.15) is 0 Å². The third-order valence-corrected chi connectivity index (χ3v) is 3.87. The number of hydrogen-bond acceptors (Lipinski definition) is 1. The van der Waals surface area contributed by atoms with Crippen LogP contribution in [-0.4, -0.2) is 0 Å². The van der Waals surface area contributed by atoms with Crippen LogP contribution < -0.4 is 4.74 Å². The molecule has 19 heavy (non-hydrogen) atoms. The van der Waals surface area contributed by atoms with E-state index in [0.29, 0.717) is 16.6 Å². The fourth-order valence-electron chi connectivity index (χ4n) is 1.60. The molecule has 0 bridgehead atoms. The van der Waals surface area contributed by atoms with E-state index in [2.05, 4.69) is 31.9 Å². The van der Waals surface area contributed by atoms with Crippen LogP contribution >= 0.6 is 31.9 Å². The van der Waals surface area contributed by atoms with E-state index in [0.717, 1.165) is 16.1 Å². The van der Waals surface area contributed by atoms with Gasteiger partial charge in [-0.1, -0.05) is 31.9 Å². The van der Waals surface area contributed by atoms with E-state index in [4.69, 9.17) is 4.74 Å². The summed E-state index contributed by atoms with van der Waals surface area (Å²) in [6.45, 7) is 0.123. The summed E-state index contributed by atoms with van der Waals surface area (Å²) in [7, 11) is 0. The average Bonchev–Trinajstić information content (AvgIpc) is 2.36. The van der Waals surface area contributed by atoms with E-state index in [1.807, 2.05) is 12.1 Å². The van der Waals surface area contributed by atoms with Crippen molar-refractivity contribution in [1.29, 1.82) is 0 Å². The molecule has 0 aromatic heterocycles. The maximum absolute atomic E-state index is 13.0. The highest BCUT2D eigenvalue weighted by Crippen LogP contribution is 2.25. The molecule has 0 radical (unpaired) electrons. The monoisotopic (exact) mass is 390 g/mol. The molecule has 100 valence electrons. The van der Waals surface area contributed by atoms with Gasteiger partial charge in [-0.3, -0.25) is 0 Å². The van der Waals surface area contributed by atoms with Gasteiger partial charge in [0.2, 0.25) is 0 Å². The van der Waals surface area contributed by atoms with Gasteiger partial charge in [0.15, 0.2) is 0 Å². The van der Waals surface area contributed by atoms with Gasteiger partial charge in [0.05, 0.1) is 0 Å². The minimum absolute atomic E-state index is 0.123. The lowest BCUT2D eigenvalue weighted by Gasteiger charge is -2.09. The van der Waals surface area contributed by atoms with Crippen molar-refractivity contribution in [1.82, 2.24) is 0 Å². The molecule has 0 saturated heterocycles. The topological polar surface area (TPSA) is 9.23 Å². The van der Waals surface area contributed by atoms with Gasteiger partial charge < -0.3 is 4.74 Å². The van der Waals surface area contributed by atoms with E-state index in [1.165, 1.54) is 12.1 Å². The predicted octanol–water partition coefficient (Wildman–Crippen LogP) is 5.20. The van der Waals surface area contributed by atoms with E-state index in [9.17, 15) is 8.78 Å². The number of hydrogen-bond donors (Lipinski definition) is 0. The van der Waals surface area contributed by atoms with Crippen LogP contribution in [0.2, 0.25) is 0 Å². The smallest absolute Gasteiger partial charge is 0.126 e.